The lowest BCUT2D eigenvalue weighted by Gasteiger charge is -2.15. The second kappa shape index (κ2) is 11.5. The summed E-state index contributed by atoms with van der Waals surface area (Å²) in [5.41, 5.74) is -0.647. The molecule has 198 valence electrons. The van der Waals surface area contributed by atoms with Gasteiger partial charge in [-0.05, 0) is 30.3 Å². The van der Waals surface area contributed by atoms with E-state index in [1.807, 2.05) is 0 Å². The number of oxime groups is 1. The van der Waals surface area contributed by atoms with Crippen molar-refractivity contribution in [3.8, 4) is 5.82 Å². The van der Waals surface area contributed by atoms with Crippen molar-refractivity contribution < 1.29 is 27.9 Å². The van der Waals surface area contributed by atoms with Crippen LogP contribution in [-0.4, -0.2) is 65.5 Å². The molecule has 1 aromatic carbocycles. The third-order valence-corrected chi connectivity index (χ3v) is 5.76. The standard InChI is InChI=1S/C23H19Cl2F2N7O4/c1-28-21(35)12-8-11(17(33-37-2)23-30-6-7-38-23)9-14(25)18(12)31-22(36)16-10-15(19(26)27)32-34(16)20-13(24)4-3-5-29-20/h3-5,8-10,19H,6-7H2,1-2H3,(H,28,35)(H,31,36)/b33-17+. The summed E-state index contributed by atoms with van der Waals surface area (Å²) in [6.45, 7) is 0.758. The highest BCUT2D eigenvalue weighted by molar-refractivity contribution is 6.46. The van der Waals surface area contributed by atoms with Crippen LogP contribution in [0.25, 0.3) is 5.82 Å². The molecule has 3 heterocycles. The lowest BCUT2D eigenvalue weighted by atomic mass is 10.0. The maximum absolute atomic E-state index is 13.5. The number of nitrogens with one attached hydrogen (secondary N) is 2. The summed E-state index contributed by atoms with van der Waals surface area (Å²) in [5, 5.41) is 12.7. The van der Waals surface area contributed by atoms with E-state index in [9.17, 15) is 18.4 Å². The number of carbonyl (C=O) groups is 2. The Hall–Kier alpha value is -4.10. The predicted octanol–water partition coefficient (Wildman–Crippen LogP) is 3.90. The first-order valence-electron chi connectivity index (χ1n) is 10.9. The van der Waals surface area contributed by atoms with Crippen LogP contribution < -0.4 is 10.6 Å². The van der Waals surface area contributed by atoms with E-state index in [0.29, 0.717) is 18.7 Å². The van der Waals surface area contributed by atoms with Gasteiger partial charge in [-0.2, -0.15) is 5.10 Å². The van der Waals surface area contributed by atoms with Crippen LogP contribution in [0, 0.1) is 0 Å². The quantitative estimate of drug-likeness (QED) is 0.314. The molecule has 38 heavy (non-hydrogen) atoms. The fourth-order valence-electron chi connectivity index (χ4n) is 3.51. The van der Waals surface area contributed by atoms with Gasteiger partial charge in [-0.3, -0.25) is 9.59 Å². The Morgan fingerprint density at radius 1 is 1.21 bits per heavy atom. The van der Waals surface area contributed by atoms with Crippen LogP contribution in [0.5, 0.6) is 0 Å². The van der Waals surface area contributed by atoms with Gasteiger partial charge in [0.1, 0.15) is 25.1 Å². The van der Waals surface area contributed by atoms with Crippen LogP contribution in [0.1, 0.15) is 38.5 Å². The molecular formula is C23H19Cl2F2N7O4. The molecule has 4 rings (SSSR count). The fourth-order valence-corrected chi connectivity index (χ4v) is 3.98. The number of rotatable bonds is 8. The Morgan fingerprint density at radius 2 is 2.00 bits per heavy atom. The summed E-state index contributed by atoms with van der Waals surface area (Å²) in [7, 11) is 2.71. The van der Waals surface area contributed by atoms with Crippen molar-refractivity contribution in [2.75, 3.05) is 32.6 Å². The van der Waals surface area contributed by atoms with Crippen molar-refractivity contribution in [3.63, 3.8) is 0 Å². The zero-order valence-electron chi connectivity index (χ0n) is 19.8. The highest BCUT2D eigenvalue weighted by Gasteiger charge is 2.27. The van der Waals surface area contributed by atoms with Crippen LogP contribution in [-0.2, 0) is 9.57 Å². The monoisotopic (exact) mass is 565 g/mol. The van der Waals surface area contributed by atoms with Crippen LogP contribution in [0.3, 0.4) is 0 Å². The SMILES string of the molecule is CNC(=O)c1cc(/C(=N\OC)C2=NCCO2)cc(Cl)c1NC(=O)c1cc(C(F)F)nn1-c1ncccc1Cl. The number of alkyl halides is 2. The molecule has 0 saturated carbocycles. The molecule has 1 aliphatic heterocycles. The maximum atomic E-state index is 13.5. The van der Waals surface area contributed by atoms with E-state index in [4.69, 9.17) is 32.8 Å². The van der Waals surface area contributed by atoms with Crippen molar-refractivity contribution in [3.05, 3.63) is 69.1 Å². The van der Waals surface area contributed by atoms with E-state index >= 15 is 0 Å². The molecule has 0 saturated heterocycles. The highest BCUT2D eigenvalue weighted by atomic mass is 35.5. The molecule has 0 fully saturated rings. The Balaban J connectivity index is 1.79. The zero-order valence-corrected chi connectivity index (χ0v) is 21.3. The number of halogens is 4. The van der Waals surface area contributed by atoms with Gasteiger partial charge in [0.15, 0.2) is 11.5 Å². The largest absolute Gasteiger partial charge is 0.474 e. The van der Waals surface area contributed by atoms with E-state index in [2.05, 4.69) is 30.9 Å². The molecule has 2 aromatic heterocycles. The third kappa shape index (κ3) is 5.43. The number of ether oxygens (including phenoxy) is 1. The first kappa shape index (κ1) is 26.9. The van der Waals surface area contributed by atoms with Crippen molar-refractivity contribution >= 4 is 52.3 Å². The van der Waals surface area contributed by atoms with Crippen LogP contribution in [0.4, 0.5) is 14.5 Å². The normalized spacial score (nSPS) is 13.2. The summed E-state index contributed by atoms with van der Waals surface area (Å²) < 4.78 is 33.3. The van der Waals surface area contributed by atoms with Gasteiger partial charge in [-0.15, -0.1) is 0 Å². The predicted molar refractivity (Wildman–Crippen MR) is 136 cm³/mol. The molecule has 2 amide bonds. The van der Waals surface area contributed by atoms with Crippen LogP contribution in [0.15, 0.2) is 46.7 Å². The number of nitrogens with zero attached hydrogens (tertiary/aromatic N) is 5. The van der Waals surface area contributed by atoms with E-state index in [0.717, 1.165) is 10.7 Å². The average Bonchev–Trinajstić information content (AvgIpc) is 3.59. The van der Waals surface area contributed by atoms with E-state index in [1.54, 1.807) is 0 Å². The average molecular weight is 566 g/mol. The number of anilines is 1. The van der Waals surface area contributed by atoms with Gasteiger partial charge in [0, 0.05) is 18.8 Å². The first-order valence-corrected chi connectivity index (χ1v) is 11.7. The number of pyridine rings is 1. The van der Waals surface area contributed by atoms with Gasteiger partial charge >= 0.3 is 0 Å². The van der Waals surface area contributed by atoms with Crippen molar-refractivity contribution in [2.24, 2.45) is 10.1 Å². The molecule has 0 radical (unpaired) electrons. The van der Waals surface area contributed by atoms with E-state index < -0.39 is 23.9 Å². The minimum atomic E-state index is -2.98. The minimum absolute atomic E-state index is 0.0445. The second-order valence-corrected chi connectivity index (χ2v) is 8.36. The molecule has 0 unspecified atom stereocenters. The molecule has 0 spiro atoms. The van der Waals surface area contributed by atoms with Gasteiger partial charge in [0.2, 0.25) is 5.90 Å². The minimum Gasteiger partial charge on any atom is -0.474 e. The third-order valence-electron chi connectivity index (χ3n) is 5.17. The summed E-state index contributed by atoms with van der Waals surface area (Å²) in [6.07, 6.45) is -1.61. The smallest absolute Gasteiger partial charge is 0.282 e. The number of amides is 2. The molecule has 3 aromatic rings. The Morgan fingerprint density at radius 3 is 2.63 bits per heavy atom. The fraction of sp³-hybridized carbons (Fsp3) is 0.217. The second-order valence-electron chi connectivity index (χ2n) is 7.55. The van der Waals surface area contributed by atoms with Crippen molar-refractivity contribution in [2.45, 2.75) is 6.43 Å². The Kier molecular flexibility index (Phi) is 8.17. The highest BCUT2D eigenvalue weighted by Crippen LogP contribution is 2.31. The summed E-state index contributed by atoms with van der Waals surface area (Å²) in [6, 6.07) is 6.71. The molecule has 0 atom stereocenters. The number of benzene rings is 1. The van der Waals surface area contributed by atoms with Crippen LogP contribution in [0.2, 0.25) is 10.0 Å². The number of aliphatic imine (C=N–C) groups is 1. The number of aromatic nitrogens is 3. The number of carbonyl (C=O) groups excluding carboxylic acids is 2. The van der Waals surface area contributed by atoms with Crippen molar-refractivity contribution in [1.29, 1.82) is 0 Å². The first-order chi connectivity index (χ1) is 18.2. The molecule has 0 bridgehead atoms. The zero-order chi connectivity index (χ0) is 27.4. The molecule has 1 aliphatic rings. The summed E-state index contributed by atoms with van der Waals surface area (Å²) in [5.74, 6) is -1.36. The molecular weight excluding hydrogens is 547 g/mol. The summed E-state index contributed by atoms with van der Waals surface area (Å²) >= 11 is 12.7. The van der Waals surface area contributed by atoms with Gasteiger partial charge < -0.3 is 20.2 Å². The summed E-state index contributed by atoms with van der Waals surface area (Å²) in [4.78, 5) is 39.3. The van der Waals surface area contributed by atoms with E-state index in [1.165, 1.54) is 44.6 Å². The lowest BCUT2D eigenvalue weighted by Crippen LogP contribution is -2.24. The van der Waals surface area contributed by atoms with Crippen molar-refractivity contribution in [1.82, 2.24) is 20.1 Å². The molecule has 2 N–H and O–H groups in total. The Labute approximate surface area is 224 Å². The molecule has 11 nitrogen and oxygen atoms in total. The van der Waals surface area contributed by atoms with Crippen LogP contribution >= 0.6 is 23.2 Å². The topological polar surface area (TPSA) is 132 Å². The lowest BCUT2D eigenvalue weighted by molar-refractivity contribution is 0.0964. The van der Waals surface area contributed by atoms with Gasteiger partial charge in [0.25, 0.3) is 18.2 Å². The molecule has 0 aliphatic carbocycles. The van der Waals surface area contributed by atoms with Gasteiger partial charge in [-0.1, -0.05) is 28.4 Å². The molecule has 15 heteroatoms. The van der Waals surface area contributed by atoms with Gasteiger partial charge in [-0.25, -0.2) is 23.4 Å². The number of hydrogen-bond donors (Lipinski definition) is 2. The van der Waals surface area contributed by atoms with E-state index in [-0.39, 0.29) is 44.4 Å². The maximum Gasteiger partial charge on any atom is 0.282 e. The Bertz CT molecular complexity index is 1460. The van der Waals surface area contributed by atoms with Gasteiger partial charge in [0.05, 0.1) is 27.8 Å². The number of hydrogen-bond acceptors (Lipinski definition) is 8.